The second-order valence-electron chi connectivity index (χ2n) is 6.18. The summed E-state index contributed by atoms with van der Waals surface area (Å²) in [5.41, 5.74) is 1.07. The van der Waals surface area contributed by atoms with E-state index in [4.69, 9.17) is 4.74 Å². The summed E-state index contributed by atoms with van der Waals surface area (Å²) < 4.78 is 44.4. The van der Waals surface area contributed by atoms with E-state index < -0.39 is 23.6 Å². The average molecular weight is 427 g/mol. The molecule has 158 valence electrons. The van der Waals surface area contributed by atoms with Crippen molar-refractivity contribution < 1.29 is 27.5 Å². The predicted molar refractivity (Wildman–Crippen MR) is 109 cm³/mol. The number of benzene rings is 3. The van der Waals surface area contributed by atoms with E-state index in [2.05, 4.69) is 10.4 Å². The summed E-state index contributed by atoms with van der Waals surface area (Å²) in [4.78, 5) is 23.8. The lowest BCUT2D eigenvalue weighted by molar-refractivity contribution is -0.137. The van der Waals surface area contributed by atoms with Crippen LogP contribution in [0.3, 0.4) is 0 Å². The Morgan fingerprint density at radius 3 is 2.10 bits per heavy atom. The standard InChI is InChI=1S/C22H16F3N3O3/c23-22(24,25)19-9-5-4-6-15(19)14-26-28-21(30)20(29)27-16-10-12-18(13-11-16)31-17-7-2-1-3-8-17/h1-14H,(H,27,29)(H,28,30)/b26-14-. The molecule has 0 atom stereocenters. The first kappa shape index (κ1) is 21.6. The Hall–Kier alpha value is -4.14. The third kappa shape index (κ3) is 6.17. The number of ether oxygens (including phenoxy) is 1. The molecule has 0 heterocycles. The maximum absolute atomic E-state index is 12.9. The highest BCUT2D eigenvalue weighted by molar-refractivity contribution is 6.39. The first-order chi connectivity index (χ1) is 14.8. The maximum atomic E-state index is 12.9. The van der Waals surface area contributed by atoms with E-state index in [1.807, 2.05) is 23.6 Å². The highest BCUT2D eigenvalue weighted by Gasteiger charge is 2.32. The second-order valence-corrected chi connectivity index (χ2v) is 6.18. The minimum absolute atomic E-state index is 0.246. The van der Waals surface area contributed by atoms with Gasteiger partial charge in [0.1, 0.15) is 11.5 Å². The first-order valence-electron chi connectivity index (χ1n) is 8.96. The molecule has 0 unspecified atom stereocenters. The zero-order valence-corrected chi connectivity index (χ0v) is 15.9. The summed E-state index contributed by atoms with van der Waals surface area (Å²) >= 11 is 0. The van der Waals surface area contributed by atoms with Crippen LogP contribution in [0, 0.1) is 0 Å². The molecule has 0 saturated heterocycles. The monoisotopic (exact) mass is 427 g/mol. The molecule has 3 aromatic rings. The van der Waals surface area contributed by atoms with Crippen molar-refractivity contribution in [2.45, 2.75) is 6.18 Å². The summed E-state index contributed by atoms with van der Waals surface area (Å²) in [5, 5.41) is 5.79. The van der Waals surface area contributed by atoms with Crippen molar-refractivity contribution in [2.75, 3.05) is 5.32 Å². The molecule has 0 spiro atoms. The van der Waals surface area contributed by atoms with Gasteiger partial charge in [0.05, 0.1) is 11.8 Å². The van der Waals surface area contributed by atoms with Crippen molar-refractivity contribution in [3.05, 3.63) is 90.0 Å². The fourth-order valence-corrected chi connectivity index (χ4v) is 2.50. The van der Waals surface area contributed by atoms with Crippen LogP contribution in [0.2, 0.25) is 0 Å². The van der Waals surface area contributed by atoms with E-state index >= 15 is 0 Å². The van der Waals surface area contributed by atoms with Crippen LogP contribution >= 0.6 is 0 Å². The lowest BCUT2D eigenvalue weighted by Crippen LogP contribution is -2.32. The Morgan fingerprint density at radius 1 is 0.806 bits per heavy atom. The molecule has 3 aromatic carbocycles. The maximum Gasteiger partial charge on any atom is 0.417 e. The summed E-state index contributed by atoms with van der Waals surface area (Å²) in [6.45, 7) is 0. The van der Waals surface area contributed by atoms with Crippen molar-refractivity contribution in [3.8, 4) is 11.5 Å². The topological polar surface area (TPSA) is 79.8 Å². The number of alkyl halides is 3. The van der Waals surface area contributed by atoms with Crippen molar-refractivity contribution in [2.24, 2.45) is 5.10 Å². The van der Waals surface area contributed by atoms with E-state index in [1.165, 1.54) is 30.3 Å². The van der Waals surface area contributed by atoms with E-state index in [9.17, 15) is 22.8 Å². The molecule has 6 nitrogen and oxygen atoms in total. The largest absolute Gasteiger partial charge is 0.457 e. The minimum Gasteiger partial charge on any atom is -0.457 e. The Bertz CT molecular complexity index is 1080. The fourth-order valence-electron chi connectivity index (χ4n) is 2.50. The van der Waals surface area contributed by atoms with Gasteiger partial charge in [0, 0.05) is 11.3 Å². The number of hydrogen-bond donors (Lipinski definition) is 2. The summed E-state index contributed by atoms with van der Waals surface area (Å²) in [5.74, 6) is -0.992. The number of amides is 2. The fraction of sp³-hybridized carbons (Fsp3) is 0.0455. The molecule has 2 amide bonds. The quantitative estimate of drug-likeness (QED) is 0.355. The molecule has 0 saturated carbocycles. The lowest BCUT2D eigenvalue weighted by atomic mass is 10.1. The van der Waals surface area contributed by atoms with Crippen LogP contribution in [0.25, 0.3) is 0 Å². The smallest absolute Gasteiger partial charge is 0.417 e. The van der Waals surface area contributed by atoms with Crippen molar-refractivity contribution in [1.29, 1.82) is 0 Å². The van der Waals surface area contributed by atoms with Gasteiger partial charge in [-0.15, -0.1) is 0 Å². The van der Waals surface area contributed by atoms with Gasteiger partial charge in [0.25, 0.3) is 0 Å². The zero-order valence-electron chi connectivity index (χ0n) is 15.9. The van der Waals surface area contributed by atoms with Gasteiger partial charge >= 0.3 is 18.0 Å². The predicted octanol–water partition coefficient (Wildman–Crippen LogP) is 4.59. The second kappa shape index (κ2) is 9.57. The van der Waals surface area contributed by atoms with Gasteiger partial charge in [-0.05, 0) is 42.5 Å². The van der Waals surface area contributed by atoms with E-state index in [0.717, 1.165) is 12.3 Å². The van der Waals surface area contributed by atoms with Crippen LogP contribution in [0.4, 0.5) is 18.9 Å². The van der Waals surface area contributed by atoms with E-state index in [1.54, 1.807) is 24.3 Å². The molecule has 2 N–H and O–H groups in total. The van der Waals surface area contributed by atoms with Crippen LogP contribution in [-0.4, -0.2) is 18.0 Å². The molecule has 0 aliphatic heterocycles. The van der Waals surface area contributed by atoms with Crippen LogP contribution < -0.4 is 15.5 Å². The van der Waals surface area contributed by atoms with Gasteiger partial charge in [-0.1, -0.05) is 36.4 Å². The first-order valence-corrected chi connectivity index (χ1v) is 8.96. The highest BCUT2D eigenvalue weighted by Crippen LogP contribution is 2.31. The molecule has 31 heavy (non-hydrogen) atoms. The van der Waals surface area contributed by atoms with Crippen molar-refractivity contribution in [3.63, 3.8) is 0 Å². The van der Waals surface area contributed by atoms with Crippen molar-refractivity contribution >= 4 is 23.7 Å². The molecule has 0 fully saturated rings. The number of para-hydroxylation sites is 1. The lowest BCUT2D eigenvalue weighted by Gasteiger charge is -2.09. The Kier molecular flexibility index (Phi) is 6.66. The summed E-state index contributed by atoms with van der Waals surface area (Å²) in [6, 6.07) is 20.1. The molecule has 0 bridgehead atoms. The Labute approximate surface area is 175 Å². The number of anilines is 1. The highest BCUT2D eigenvalue weighted by atomic mass is 19.4. The molecular weight excluding hydrogens is 411 g/mol. The molecule has 0 radical (unpaired) electrons. The van der Waals surface area contributed by atoms with Gasteiger partial charge in [0.15, 0.2) is 0 Å². The molecule has 0 aliphatic rings. The summed E-state index contributed by atoms with van der Waals surface area (Å²) in [7, 11) is 0. The van der Waals surface area contributed by atoms with E-state index in [0.29, 0.717) is 17.2 Å². The van der Waals surface area contributed by atoms with Gasteiger partial charge in [0.2, 0.25) is 0 Å². The number of hydrogen-bond acceptors (Lipinski definition) is 4. The number of carbonyl (C=O) groups is 2. The number of halogens is 3. The SMILES string of the molecule is O=C(N/N=C\c1ccccc1C(F)(F)F)C(=O)Nc1ccc(Oc2ccccc2)cc1. The number of carbonyl (C=O) groups excluding carboxylic acids is 2. The molecule has 9 heteroatoms. The van der Waals surface area contributed by atoms with Gasteiger partial charge in [-0.3, -0.25) is 9.59 Å². The van der Waals surface area contributed by atoms with E-state index in [-0.39, 0.29) is 5.56 Å². The molecule has 0 aliphatic carbocycles. The average Bonchev–Trinajstić information content (AvgIpc) is 2.75. The normalized spacial score (nSPS) is 11.2. The molecular formula is C22H16F3N3O3. The van der Waals surface area contributed by atoms with Crippen molar-refractivity contribution in [1.82, 2.24) is 5.43 Å². The van der Waals surface area contributed by atoms with Crippen LogP contribution in [0.15, 0.2) is 84.0 Å². The third-order valence-corrected chi connectivity index (χ3v) is 3.93. The zero-order chi connectivity index (χ0) is 22.3. The Balaban J connectivity index is 1.55. The number of nitrogens with one attached hydrogen (secondary N) is 2. The number of nitrogens with zero attached hydrogens (tertiary/aromatic N) is 1. The van der Waals surface area contributed by atoms with Gasteiger partial charge in [-0.2, -0.15) is 18.3 Å². The third-order valence-electron chi connectivity index (χ3n) is 3.93. The number of rotatable bonds is 5. The molecule has 0 aromatic heterocycles. The van der Waals surface area contributed by atoms with Crippen LogP contribution in [0.5, 0.6) is 11.5 Å². The summed E-state index contributed by atoms with van der Waals surface area (Å²) in [6.07, 6.45) is -3.75. The van der Waals surface area contributed by atoms with Crippen LogP contribution in [0.1, 0.15) is 11.1 Å². The van der Waals surface area contributed by atoms with Gasteiger partial charge < -0.3 is 10.1 Å². The Morgan fingerprint density at radius 2 is 1.42 bits per heavy atom. The van der Waals surface area contributed by atoms with Crippen LogP contribution in [-0.2, 0) is 15.8 Å². The molecule has 3 rings (SSSR count). The van der Waals surface area contributed by atoms with Gasteiger partial charge in [-0.25, -0.2) is 5.43 Å². The minimum atomic E-state index is -4.57. The number of hydrazone groups is 1.